The lowest BCUT2D eigenvalue weighted by Gasteiger charge is -2.36. The summed E-state index contributed by atoms with van der Waals surface area (Å²) < 4.78 is 0. The fraction of sp³-hybridized carbons (Fsp3) is 0.143. The third-order valence-electron chi connectivity index (χ3n) is 2.98. The standard InChI is InChI=1S/C14H16N2/c1-5-11-12(6-2)16(4)14-10-8-7-9-13(14)15(11)3/h5-10H,1-2H2,3-4H3. The van der Waals surface area contributed by atoms with E-state index in [1.807, 2.05) is 38.4 Å². The minimum absolute atomic E-state index is 1.08. The number of allylic oxidation sites excluding steroid dienone is 2. The Bertz CT molecular complexity index is 428. The molecule has 0 spiro atoms. The summed E-state index contributed by atoms with van der Waals surface area (Å²) in [7, 11) is 4.10. The Morgan fingerprint density at radius 3 is 1.56 bits per heavy atom. The molecule has 0 fully saturated rings. The molecule has 0 saturated carbocycles. The van der Waals surface area contributed by atoms with Gasteiger partial charge in [0.25, 0.3) is 0 Å². The lowest BCUT2D eigenvalue weighted by Crippen LogP contribution is -2.30. The summed E-state index contributed by atoms with van der Waals surface area (Å²) in [4.78, 5) is 4.28. The second-order valence-electron chi connectivity index (χ2n) is 3.79. The third-order valence-corrected chi connectivity index (χ3v) is 2.98. The monoisotopic (exact) mass is 212 g/mol. The molecule has 1 aliphatic heterocycles. The maximum absolute atomic E-state index is 3.87. The molecule has 2 rings (SSSR count). The van der Waals surface area contributed by atoms with E-state index in [0.29, 0.717) is 0 Å². The van der Waals surface area contributed by atoms with Crippen molar-refractivity contribution in [3.05, 3.63) is 61.0 Å². The smallest absolute Gasteiger partial charge is 0.0649 e. The van der Waals surface area contributed by atoms with Crippen molar-refractivity contribution in [3.63, 3.8) is 0 Å². The van der Waals surface area contributed by atoms with Gasteiger partial charge >= 0.3 is 0 Å². The van der Waals surface area contributed by atoms with Gasteiger partial charge < -0.3 is 9.80 Å². The number of hydrogen-bond acceptors (Lipinski definition) is 2. The van der Waals surface area contributed by atoms with E-state index >= 15 is 0 Å². The van der Waals surface area contributed by atoms with Gasteiger partial charge in [-0.25, -0.2) is 0 Å². The molecule has 0 bridgehead atoms. The Balaban J connectivity index is 2.66. The van der Waals surface area contributed by atoms with Crippen LogP contribution in [0.5, 0.6) is 0 Å². The lowest BCUT2D eigenvalue weighted by molar-refractivity contribution is 0.999. The molecule has 0 saturated heterocycles. The van der Waals surface area contributed by atoms with Crippen LogP contribution in [0.3, 0.4) is 0 Å². The molecule has 82 valence electrons. The highest BCUT2D eigenvalue weighted by molar-refractivity contribution is 5.80. The van der Waals surface area contributed by atoms with E-state index in [9.17, 15) is 0 Å². The van der Waals surface area contributed by atoms with E-state index in [4.69, 9.17) is 0 Å². The SMILES string of the molecule is C=CC1=C(C=C)N(C)c2ccccc2N1C. The zero-order valence-corrected chi connectivity index (χ0v) is 9.77. The van der Waals surface area contributed by atoms with Gasteiger partial charge in [-0.2, -0.15) is 0 Å². The minimum Gasteiger partial charge on any atom is -0.341 e. The van der Waals surface area contributed by atoms with Gasteiger partial charge in [-0.1, -0.05) is 25.3 Å². The average Bonchev–Trinajstić information content (AvgIpc) is 2.33. The summed E-state index contributed by atoms with van der Waals surface area (Å²) in [5, 5.41) is 0. The van der Waals surface area contributed by atoms with Crippen LogP contribution >= 0.6 is 0 Å². The van der Waals surface area contributed by atoms with Gasteiger partial charge in [0.15, 0.2) is 0 Å². The largest absolute Gasteiger partial charge is 0.341 e. The number of anilines is 2. The van der Waals surface area contributed by atoms with Crippen molar-refractivity contribution in [2.24, 2.45) is 0 Å². The Labute approximate surface area is 96.8 Å². The number of nitrogens with zero attached hydrogens (tertiary/aromatic N) is 2. The minimum atomic E-state index is 1.08. The lowest BCUT2D eigenvalue weighted by atomic mass is 10.1. The third kappa shape index (κ3) is 1.34. The van der Waals surface area contributed by atoms with Crippen LogP contribution in [0.25, 0.3) is 0 Å². The summed E-state index contributed by atoms with van der Waals surface area (Å²) in [5.74, 6) is 0. The van der Waals surface area contributed by atoms with Gasteiger partial charge in [-0.05, 0) is 24.3 Å². The molecule has 0 aromatic heterocycles. The normalized spacial score (nSPS) is 14.9. The van der Waals surface area contributed by atoms with Crippen LogP contribution in [0.1, 0.15) is 0 Å². The van der Waals surface area contributed by atoms with Crippen LogP contribution in [-0.2, 0) is 0 Å². The van der Waals surface area contributed by atoms with Gasteiger partial charge in [0.05, 0.1) is 22.8 Å². The van der Waals surface area contributed by atoms with E-state index in [1.165, 1.54) is 11.4 Å². The molecule has 0 aliphatic carbocycles. The van der Waals surface area contributed by atoms with E-state index in [2.05, 4.69) is 35.1 Å². The van der Waals surface area contributed by atoms with Gasteiger partial charge in [-0.3, -0.25) is 0 Å². The molecule has 0 radical (unpaired) electrons. The zero-order valence-electron chi connectivity index (χ0n) is 9.77. The molecule has 2 nitrogen and oxygen atoms in total. The van der Waals surface area contributed by atoms with Crippen molar-refractivity contribution in [3.8, 4) is 0 Å². The molecule has 1 aromatic carbocycles. The fourth-order valence-electron chi connectivity index (χ4n) is 2.12. The highest BCUT2D eigenvalue weighted by Crippen LogP contribution is 2.38. The van der Waals surface area contributed by atoms with Crippen LogP contribution in [-0.4, -0.2) is 14.1 Å². The Morgan fingerprint density at radius 1 is 0.875 bits per heavy atom. The zero-order chi connectivity index (χ0) is 11.7. The first-order chi connectivity index (χ1) is 7.70. The first-order valence-corrected chi connectivity index (χ1v) is 5.26. The number of para-hydroxylation sites is 2. The molecule has 1 aliphatic rings. The predicted molar refractivity (Wildman–Crippen MR) is 70.7 cm³/mol. The molecule has 2 heteroatoms. The average molecular weight is 212 g/mol. The fourth-order valence-corrected chi connectivity index (χ4v) is 2.12. The topological polar surface area (TPSA) is 6.48 Å². The second-order valence-corrected chi connectivity index (χ2v) is 3.79. The summed E-state index contributed by atoms with van der Waals surface area (Å²) in [5.41, 5.74) is 4.53. The summed E-state index contributed by atoms with van der Waals surface area (Å²) >= 11 is 0. The molecular formula is C14H16N2. The van der Waals surface area contributed by atoms with Gasteiger partial charge in [0, 0.05) is 14.1 Å². The molecule has 0 amide bonds. The summed E-state index contributed by atoms with van der Waals surface area (Å²) in [6, 6.07) is 8.30. The van der Waals surface area contributed by atoms with E-state index < -0.39 is 0 Å². The second kappa shape index (κ2) is 3.89. The first-order valence-electron chi connectivity index (χ1n) is 5.26. The molecular weight excluding hydrogens is 196 g/mol. The van der Waals surface area contributed by atoms with Gasteiger partial charge in [0.1, 0.15) is 0 Å². The van der Waals surface area contributed by atoms with Crippen LogP contribution in [0.15, 0.2) is 61.0 Å². The van der Waals surface area contributed by atoms with Crippen LogP contribution in [0.4, 0.5) is 11.4 Å². The number of likely N-dealkylation sites (N-methyl/N-ethyl adjacent to an activating group) is 2. The van der Waals surface area contributed by atoms with Crippen molar-refractivity contribution in [1.82, 2.24) is 0 Å². The predicted octanol–water partition coefficient (Wildman–Crippen LogP) is 3.16. The first kappa shape index (κ1) is 10.6. The number of hydrogen-bond donors (Lipinski definition) is 0. The van der Waals surface area contributed by atoms with Gasteiger partial charge in [0.2, 0.25) is 0 Å². The van der Waals surface area contributed by atoms with Crippen molar-refractivity contribution >= 4 is 11.4 Å². The molecule has 16 heavy (non-hydrogen) atoms. The maximum atomic E-state index is 3.87. The van der Waals surface area contributed by atoms with Gasteiger partial charge in [-0.15, -0.1) is 0 Å². The highest BCUT2D eigenvalue weighted by atomic mass is 15.2. The van der Waals surface area contributed by atoms with E-state index in [1.54, 1.807) is 0 Å². The van der Waals surface area contributed by atoms with Crippen molar-refractivity contribution in [2.75, 3.05) is 23.9 Å². The van der Waals surface area contributed by atoms with E-state index in [0.717, 1.165) is 11.4 Å². The Hall–Kier alpha value is -1.96. The highest BCUT2D eigenvalue weighted by Gasteiger charge is 2.22. The number of benzene rings is 1. The van der Waals surface area contributed by atoms with Crippen LogP contribution < -0.4 is 9.80 Å². The quantitative estimate of drug-likeness (QED) is 0.743. The van der Waals surface area contributed by atoms with Crippen molar-refractivity contribution in [1.29, 1.82) is 0 Å². The van der Waals surface area contributed by atoms with Crippen LogP contribution in [0.2, 0.25) is 0 Å². The molecule has 1 heterocycles. The molecule has 1 aromatic rings. The van der Waals surface area contributed by atoms with Crippen molar-refractivity contribution < 1.29 is 0 Å². The van der Waals surface area contributed by atoms with Crippen LogP contribution in [0, 0.1) is 0 Å². The number of fused-ring (bicyclic) bond motifs is 1. The summed E-state index contributed by atoms with van der Waals surface area (Å²) in [6.07, 6.45) is 3.73. The van der Waals surface area contributed by atoms with Crippen molar-refractivity contribution in [2.45, 2.75) is 0 Å². The summed E-state index contributed by atoms with van der Waals surface area (Å²) in [6.45, 7) is 7.73. The molecule has 0 atom stereocenters. The molecule has 0 N–H and O–H groups in total. The molecule has 0 unspecified atom stereocenters. The Kier molecular flexibility index (Phi) is 2.57. The maximum Gasteiger partial charge on any atom is 0.0649 e. The van der Waals surface area contributed by atoms with E-state index in [-0.39, 0.29) is 0 Å². The number of rotatable bonds is 2. The Morgan fingerprint density at radius 2 is 1.25 bits per heavy atom.